The van der Waals surface area contributed by atoms with Crippen LogP contribution < -0.4 is 0 Å². The molecule has 0 atom stereocenters. The highest BCUT2D eigenvalue weighted by Crippen LogP contribution is 2.41. The number of carbonyl (C=O) groups excluding carboxylic acids is 1. The van der Waals surface area contributed by atoms with E-state index in [1.54, 1.807) is 19.1 Å². The lowest BCUT2D eigenvalue weighted by Crippen LogP contribution is -2.06. The third-order valence-corrected chi connectivity index (χ3v) is 5.13. The van der Waals surface area contributed by atoms with Gasteiger partial charge in [-0.2, -0.15) is 0 Å². The van der Waals surface area contributed by atoms with E-state index in [1.165, 1.54) is 28.5 Å². The number of aryl methyl sites for hydroxylation is 1. The summed E-state index contributed by atoms with van der Waals surface area (Å²) in [4.78, 5) is 17.9. The highest BCUT2D eigenvalue weighted by atomic mass is 35.5. The van der Waals surface area contributed by atoms with E-state index in [9.17, 15) is 9.90 Å². The fraction of sp³-hybridized carbons (Fsp3) is 0.294. The predicted molar refractivity (Wildman–Crippen MR) is 92.7 cm³/mol. The van der Waals surface area contributed by atoms with Gasteiger partial charge in [0.25, 0.3) is 0 Å². The molecule has 0 saturated heterocycles. The molecular formula is C17H16ClNO3S. The fourth-order valence-electron chi connectivity index (χ4n) is 2.65. The number of aromatic hydroxyl groups is 1. The van der Waals surface area contributed by atoms with Crippen LogP contribution in [-0.4, -0.2) is 23.9 Å². The summed E-state index contributed by atoms with van der Waals surface area (Å²) in [6, 6.07) is 4.76. The first-order valence-electron chi connectivity index (χ1n) is 7.44. The van der Waals surface area contributed by atoms with Crippen molar-refractivity contribution in [2.24, 2.45) is 4.99 Å². The SMILES string of the molecule is CCOC(=O)c1c(/N=C/c2cc(Cl)ccc2O)sc2c1CCC2. The first-order chi connectivity index (χ1) is 11.1. The standard InChI is InChI=1S/C17H16ClNO3S/c1-2-22-17(21)15-12-4-3-5-14(12)23-16(15)19-9-10-8-11(18)6-7-13(10)20/h6-9,20H,2-5H2,1H3/b19-9+. The molecular weight excluding hydrogens is 334 g/mol. The molecule has 0 amide bonds. The van der Waals surface area contributed by atoms with E-state index in [0.29, 0.717) is 27.8 Å². The number of ether oxygens (including phenoxy) is 1. The molecule has 1 aromatic heterocycles. The van der Waals surface area contributed by atoms with Gasteiger partial charge in [0.2, 0.25) is 0 Å². The number of rotatable bonds is 4. The number of carbonyl (C=O) groups is 1. The second kappa shape index (κ2) is 6.72. The Bertz CT molecular complexity index is 782. The number of benzene rings is 1. The lowest BCUT2D eigenvalue weighted by atomic mass is 10.1. The molecule has 1 heterocycles. The highest BCUT2D eigenvalue weighted by Gasteiger charge is 2.27. The molecule has 0 spiro atoms. The summed E-state index contributed by atoms with van der Waals surface area (Å²) in [7, 11) is 0. The smallest absolute Gasteiger partial charge is 0.341 e. The molecule has 0 saturated carbocycles. The zero-order valence-corrected chi connectivity index (χ0v) is 14.2. The maximum Gasteiger partial charge on any atom is 0.341 e. The van der Waals surface area contributed by atoms with Crippen LogP contribution in [0.25, 0.3) is 0 Å². The van der Waals surface area contributed by atoms with Crippen LogP contribution in [0.5, 0.6) is 5.75 Å². The lowest BCUT2D eigenvalue weighted by molar-refractivity contribution is 0.0527. The third kappa shape index (κ3) is 3.26. The summed E-state index contributed by atoms with van der Waals surface area (Å²) >= 11 is 7.46. The molecule has 0 aliphatic heterocycles. The Labute approximate surface area is 143 Å². The Balaban J connectivity index is 1.98. The number of hydrogen-bond acceptors (Lipinski definition) is 5. The number of esters is 1. The van der Waals surface area contributed by atoms with Crippen molar-refractivity contribution < 1.29 is 14.6 Å². The number of nitrogens with zero attached hydrogens (tertiary/aromatic N) is 1. The highest BCUT2D eigenvalue weighted by molar-refractivity contribution is 7.16. The van der Waals surface area contributed by atoms with E-state index < -0.39 is 0 Å². The van der Waals surface area contributed by atoms with Gasteiger partial charge in [-0.05, 0) is 49.9 Å². The molecule has 2 aromatic rings. The van der Waals surface area contributed by atoms with Gasteiger partial charge in [0.1, 0.15) is 10.8 Å². The summed E-state index contributed by atoms with van der Waals surface area (Å²) in [6.45, 7) is 2.12. The minimum atomic E-state index is -0.325. The van der Waals surface area contributed by atoms with Crippen molar-refractivity contribution in [2.45, 2.75) is 26.2 Å². The number of phenols is 1. The van der Waals surface area contributed by atoms with Crippen LogP contribution in [0.3, 0.4) is 0 Å². The predicted octanol–water partition coefficient (Wildman–Crippen LogP) is 4.52. The van der Waals surface area contributed by atoms with E-state index >= 15 is 0 Å². The number of fused-ring (bicyclic) bond motifs is 1. The molecule has 0 radical (unpaired) electrons. The largest absolute Gasteiger partial charge is 0.507 e. The summed E-state index contributed by atoms with van der Waals surface area (Å²) < 4.78 is 5.17. The van der Waals surface area contributed by atoms with Crippen LogP contribution in [0.15, 0.2) is 23.2 Å². The van der Waals surface area contributed by atoms with Crippen molar-refractivity contribution in [2.75, 3.05) is 6.61 Å². The minimum Gasteiger partial charge on any atom is -0.507 e. The van der Waals surface area contributed by atoms with Crippen LogP contribution in [0, 0.1) is 0 Å². The number of thiophene rings is 1. The van der Waals surface area contributed by atoms with Gasteiger partial charge in [-0.15, -0.1) is 11.3 Å². The molecule has 1 aliphatic rings. The van der Waals surface area contributed by atoms with Crippen LogP contribution in [0.1, 0.15) is 39.7 Å². The Hall–Kier alpha value is -1.85. The van der Waals surface area contributed by atoms with Crippen LogP contribution >= 0.6 is 22.9 Å². The van der Waals surface area contributed by atoms with Gasteiger partial charge in [0.05, 0.1) is 12.2 Å². The van der Waals surface area contributed by atoms with Crippen LogP contribution in [-0.2, 0) is 17.6 Å². The van der Waals surface area contributed by atoms with Gasteiger partial charge < -0.3 is 9.84 Å². The Morgan fingerprint density at radius 3 is 3.09 bits per heavy atom. The molecule has 1 aliphatic carbocycles. The zero-order chi connectivity index (χ0) is 16.4. The number of aliphatic imine (C=N–C) groups is 1. The molecule has 0 bridgehead atoms. The second-order valence-electron chi connectivity index (χ2n) is 5.22. The molecule has 3 rings (SSSR count). The van der Waals surface area contributed by atoms with Crippen molar-refractivity contribution in [3.8, 4) is 5.75 Å². The molecule has 0 unspecified atom stereocenters. The van der Waals surface area contributed by atoms with Crippen LogP contribution in [0.2, 0.25) is 5.02 Å². The van der Waals surface area contributed by atoms with Crippen molar-refractivity contribution in [3.05, 3.63) is 44.8 Å². The molecule has 120 valence electrons. The molecule has 0 fully saturated rings. The van der Waals surface area contributed by atoms with E-state index in [0.717, 1.165) is 24.8 Å². The second-order valence-corrected chi connectivity index (χ2v) is 6.74. The first kappa shape index (κ1) is 16.0. The topological polar surface area (TPSA) is 58.9 Å². The summed E-state index contributed by atoms with van der Waals surface area (Å²) in [5.74, 6) is -0.228. The average Bonchev–Trinajstić information content (AvgIpc) is 3.08. The number of halogens is 1. The van der Waals surface area contributed by atoms with Crippen LogP contribution in [0.4, 0.5) is 5.00 Å². The molecule has 1 N–H and O–H groups in total. The average molecular weight is 350 g/mol. The van der Waals surface area contributed by atoms with Gasteiger partial charge in [0.15, 0.2) is 0 Å². The van der Waals surface area contributed by atoms with E-state index in [1.807, 2.05) is 0 Å². The summed E-state index contributed by atoms with van der Waals surface area (Å²) in [6.07, 6.45) is 4.46. The number of hydrogen-bond donors (Lipinski definition) is 1. The third-order valence-electron chi connectivity index (χ3n) is 3.69. The molecule has 6 heteroatoms. The van der Waals surface area contributed by atoms with Crippen molar-refractivity contribution >= 4 is 40.1 Å². The molecule has 1 aromatic carbocycles. The maximum atomic E-state index is 12.3. The minimum absolute atomic E-state index is 0.0972. The lowest BCUT2D eigenvalue weighted by Gasteiger charge is -2.03. The summed E-state index contributed by atoms with van der Waals surface area (Å²) in [5, 5.41) is 11.0. The van der Waals surface area contributed by atoms with Gasteiger partial charge in [-0.25, -0.2) is 9.79 Å². The van der Waals surface area contributed by atoms with E-state index in [4.69, 9.17) is 16.3 Å². The van der Waals surface area contributed by atoms with E-state index in [-0.39, 0.29) is 11.7 Å². The fourth-order valence-corrected chi connectivity index (χ4v) is 4.05. The van der Waals surface area contributed by atoms with Gasteiger partial charge in [-0.1, -0.05) is 11.6 Å². The Morgan fingerprint density at radius 1 is 1.48 bits per heavy atom. The normalized spacial score (nSPS) is 13.5. The molecule has 4 nitrogen and oxygen atoms in total. The van der Waals surface area contributed by atoms with Gasteiger partial charge in [-0.3, -0.25) is 0 Å². The van der Waals surface area contributed by atoms with Gasteiger partial charge >= 0.3 is 5.97 Å². The van der Waals surface area contributed by atoms with Gasteiger partial charge in [0, 0.05) is 21.7 Å². The quantitative estimate of drug-likeness (QED) is 0.652. The van der Waals surface area contributed by atoms with E-state index in [2.05, 4.69) is 4.99 Å². The Morgan fingerprint density at radius 2 is 2.30 bits per heavy atom. The summed E-state index contributed by atoms with van der Waals surface area (Å²) in [5.41, 5.74) is 2.15. The first-order valence-corrected chi connectivity index (χ1v) is 8.63. The van der Waals surface area contributed by atoms with Crippen molar-refractivity contribution in [3.63, 3.8) is 0 Å². The monoisotopic (exact) mass is 349 g/mol. The molecule has 23 heavy (non-hydrogen) atoms. The number of phenolic OH excluding ortho intramolecular Hbond substituents is 1. The Kier molecular flexibility index (Phi) is 4.68. The van der Waals surface area contributed by atoms with Crippen molar-refractivity contribution in [1.29, 1.82) is 0 Å². The maximum absolute atomic E-state index is 12.3. The van der Waals surface area contributed by atoms with Crippen molar-refractivity contribution in [1.82, 2.24) is 0 Å². The zero-order valence-electron chi connectivity index (χ0n) is 12.6.